The Balaban J connectivity index is 2.04. The fourth-order valence-electron chi connectivity index (χ4n) is 2.90. The normalized spacial score (nSPS) is 22.0. The highest BCUT2D eigenvalue weighted by atomic mass is 19.1. The lowest BCUT2D eigenvalue weighted by molar-refractivity contribution is -0.125. The molecule has 1 saturated heterocycles. The van der Waals surface area contributed by atoms with Crippen LogP contribution >= 0.6 is 0 Å². The zero-order chi connectivity index (χ0) is 17.7. The molecular weight excluding hydrogens is 309 g/mol. The summed E-state index contributed by atoms with van der Waals surface area (Å²) in [6.45, 7) is 7.52. The molecule has 0 aliphatic carbocycles. The van der Waals surface area contributed by atoms with Crippen LogP contribution in [-0.2, 0) is 4.79 Å². The average molecular weight is 335 g/mol. The third-order valence-electron chi connectivity index (χ3n) is 4.47. The molecule has 2 amide bonds. The van der Waals surface area contributed by atoms with Crippen molar-refractivity contribution in [2.24, 2.45) is 11.8 Å². The van der Waals surface area contributed by atoms with Crippen LogP contribution in [0.2, 0.25) is 0 Å². The lowest BCUT2D eigenvalue weighted by atomic mass is 9.94. The van der Waals surface area contributed by atoms with E-state index in [9.17, 15) is 14.0 Å². The van der Waals surface area contributed by atoms with Gasteiger partial charge >= 0.3 is 0 Å². The summed E-state index contributed by atoms with van der Waals surface area (Å²) in [6.07, 6.45) is 0.860. The van der Waals surface area contributed by atoms with Crippen molar-refractivity contribution < 1.29 is 14.0 Å². The predicted molar refractivity (Wildman–Crippen MR) is 91.1 cm³/mol. The molecule has 1 aromatic rings. The van der Waals surface area contributed by atoms with Crippen LogP contribution in [-0.4, -0.2) is 37.0 Å². The zero-order valence-electron chi connectivity index (χ0n) is 14.4. The molecule has 132 valence electrons. The Kier molecular flexibility index (Phi) is 6.31. The molecule has 1 aliphatic heterocycles. The zero-order valence-corrected chi connectivity index (χ0v) is 14.4. The number of nitrogens with one attached hydrogen (secondary N) is 3. The van der Waals surface area contributed by atoms with Crippen molar-refractivity contribution in [3.05, 3.63) is 35.6 Å². The van der Waals surface area contributed by atoms with Crippen LogP contribution in [0, 0.1) is 17.7 Å². The van der Waals surface area contributed by atoms with Crippen LogP contribution in [0.25, 0.3) is 0 Å². The van der Waals surface area contributed by atoms with Gasteiger partial charge in [-0.05, 0) is 43.5 Å². The summed E-state index contributed by atoms with van der Waals surface area (Å²) in [5.74, 6) is -1.14. The summed E-state index contributed by atoms with van der Waals surface area (Å²) < 4.78 is 13.7. The van der Waals surface area contributed by atoms with E-state index < -0.39 is 17.8 Å². The van der Waals surface area contributed by atoms with Crippen molar-refractivity contribution >= 4 is 11.8 Å². The van der Waals surface area contributed by atoms with E-state index in [4.69, 9.17) is 0 Å². The Morgan fingerprint density at radius 3 is 2.62 bits per heavy atom. The third kappa shape index (κ3) is 4.54. The highest BCUT2D eigenvalue weighted by molar-refractivity contribution is 5.97. The highest BCUT2D eigenvalue weighted by Gasteiger charge is 2.29. The maximum absolute atomic E-state index is 13.7. The molecule has 1 fully saturated rings. The maximum atomic E-state index is 13.7. The third-order valence-corrected chi connectivity index (χ3v) is 4.47. The number of benzene rings is 1. The predicted octanol–water partition coefficient (Wildman–Crippen LogP) is 1.69. The van der Waals surface area contributed by atoms with Gasteiger partial charge in [-0.15, -0.1) is 0 Å². The number of carbonyl (C=O) groups is 2. The van der Waals surface area contributed by atoms with Crippen LogP contribution in [0.1, 0.15) is 37.6 Å². The van der Waals surface area contributed by atoms with Crippen LogP contribution < -0.4 is 16.0 Å². The van der Waals surface area contributed by atoms with E-state index in [0.29, 0.717) is 5.92 Å². The largest absolute Gasteiger partial charge is 0.351 e. The lowest BCUT2D eigenvalue weighted by Crippen LogP contribution is -2.55. The molecular formula is C18H26FN3O2. The summed E-state index contributed by atoms with van der Waals surface area (Å²) in [4.78, 5) is 24.9. The van der Waals surface area contributed by atoms with Gasteiger partial charge in [-0.3, -0.25) is 9.59 Å². The van der Waals surface area contributed by atoms with E-state index in [1.807, 2.05) is 13.8 Å². The molecule has 1 aliphatic rings. The van der Waals surface area contributed by atoms with Gasteiger partial charge in [0.15, 0.2) is 0 Å². The first-order valence-corrected chi connectivity index (χ1v) is 8.46. The number of hydrogen-bond acceptors (Lipinski definition) is 3. The van der Waals surface area contributed by atoms with Crippen molar-refractivity contribution in [2.45, 2.75) is 39.3 Å². The number of piperidine rings is 1. The molecule has 0 bridgehead atoms. The fraction of sp³-hybridized carbons (Fsp3) is 0.556. The molecule has 2 rings (SSSR count). The van der Waals surface area contributed by atoms with Crippen molar-refractivity contribution in [1.29, 1.82) is 0 Å². The topological polar surface area (TPSA) is 70.2 Å². The molecule has 3 N–H and O–H groups in total. The van der Waals surface area contributed by atoms with Crippen LogP contribution in [0.4, 0.5) is 4.39 Å². The lowest BCUT2D eigenvalue weighted by Gasteiger charge is -2.32. The summed E-state index contributed by atoms with van der Waals surface area (Å²) in [5.41, 5.74) is -0.0498. The van der Waals surface area contributed by atoms with Crippen LogP contribution in [0.3, 0.4) is 0 Å². The average Bonchev–Trinajstić information content (AvgIpc) is 2.54. The van der Waals surface area contributed by atoms with E-state index >= 15 is 0 Å². The second-order valence-electron chi connectivity index (χ2n) is 6.76. The molecule has 0 aromatic heterocycles. The monoisotopic (exact) mass is 335 g/mol. The van der Waals surface area contributed by atoms with Gasteiger partial charge < -0.3 is 16.0 Å². The minimum atomic E-state index is -0.695. The van der Waals surface area contributed by atoms with E-state index in [1.54, 1.807) is 6.07 Å². The summed E-state index contributed by atoms with van der Waals surface area (Å²) >= 11 is 0. The minimum Gasteiger partial charge on any atom is -0.351 e. The van der Waals surface area contributed by atoms with Gasteiger partial charge in [0, 0.05) is 6.04 Å². The van der Waals surface area contributed by atoms with Gasteiger partial charge in [-0.1, -0.05) is 32.9 Å². The van der Waals surface area contributed by atoms with Gasteiger partial charge in [0.2, 0.25) is 5.91 Å². The van der Waals surface area contributed by atoms with E-state index in [1.165, 1.54) is 18.2 Å². The van der Waals surface area contributed by atoms with Gasteiger partial charge in [0.25, 0.3) is 5.91 Å². The smallest absolute Gasteiger partial charge is 0.254 e. The Morgan fingerprint density at radius 2 is 2.00 bits per heavy atom. The fourth-order valence-corrected chi connectivity index (χ4v) is 2.90. The molecule has 0 spiro atoms. The molecule has 6 heteroatoms. The molecule has 3 unspecified atom stereocenters. The minimum absolute atomic E-state index is 0.0498. The Morgan fingerprint density at radius 1 is 1.29 bits per heavy atom. The SMILES string of the molecule is CC(C)C(NC(=O)c1ccccc1F)C(=O)NC1CCNCC1C. The second kappa shape index (κ2) is 8.24. The highest BCUT2D eigenvalue weighted by Crippen LogP contribution is 2.13. The van der Waals surface area contributed by atoms with Gasteiger partial charge in [-0.25, -0.2) is 4.39 Å². The number of hydrogen-bond donors (Lipinski definition) is 3. The molecule has 0 radical (unpaired) electrons. The summed E-state index contributed by atoms with van der Waals surface area (Å²) in [7, 11) is 0. The molecule has 24 heavy (non-hydrogen) atoms. The van der Waals surface area contributed by atoms with Crippen LogP contribution in [0.5, 0.6) is 0 Å². The molecule has 5 nitrogen and oxygen atoms in total. The summed E-state index contributed by atoms with van der Waals surface area (Å²) in [5, 5.41) is 8.99. The van der Waals surface area contributed by atoms with E-state index in [2.05, 4.69) is 22.9 Å². The number of rotatable bonds is 5. The Labute approximate surface area is 142 Å². The molecule has 1 heterocycles. The van der Waals surface area contributed by atoms with Crippen molar-refractivity contribution in [3.8, 4) is 0 Å². The Hall–Kier alpha value is -1.95. The van der Waals surface area contributed by atoms with E-state index in [0.717, 1.165) is 19.5 Å². The first-order valence-electron chi connectivity index (χ1n) is 8.46. The van der Waals surface area contributed by atoms with Gasteiger partial charge in [0.1, 0.15) is 11.9 Å². The van der Waals surface area contributed by atoms with Gasteiger partial charge in [-0.2, -0.15) is 0 Å². The van der Waals surface area contributed by atoms with Gasteiger partial charge in [0.05, 0.1) is 5.56 Å². The molecule has 0 saturated carbocycles. The van der Waals surface area contributed by atoms with Crippen LogP contribution in [0.15, 0.2) is 24.3 Å². The number of amides is 2. The van der Waals surface area contributed by atoms with Crippen molar-refractivity contribution in [2.75, 3.05) is 13.1 Å². The second-order valence-corrected chi connectivity index (χ2v) is 6.76. The summed E-state index contributed by atoms with van der Waals surface area (Å²) in [6, 6.07) is 5.16. The molecule has 1 aromatic carbocycles. The number of halogens is 1. The first-order chi connectivity index (χ1) is 11.4. The standard InChI is InChI=1S/C18H26FN3O2/c1-11(2)16(18(24)21-15-8-9-20-10-12(15)3)22-17(23)13-6-4-5-7-14(13)19/h4-7,11-12,15-16,20H,8-10H2,1-3H3,(H,21,24)(H,22,23). The molecule has 3 atom stereocenters. The quantitative estimate of drug-likeness (QED) is 0.767. The number of carbonyl (C=O) groups excluding carboxylic acids is 2. The van der Waals surface area contributed by atoms with Crippen molar-refractivity contribution in [3.63, 3.8) is 0 Å². The first kappa shape index (κ1) is 18.4. The maximum Gasteiger partial charge on any atom is 0.254 e. The van der Waals surface area contributed by atoms with E-state index in [-0.39, 0.29) is 23.4 Å². The Bertz CT molecular complexity index is 591. The van der Waals surface area contributed by atoms with Crippen molar-refractivity contribution in [1.82, 2.24) is 16.0 Å².